The van der Waals surface area contributed by atoms with Crippen LogP contribution in [0.3, 0.4) is 0 Å². The summed E-state index contributed by atoms with van der Waals surface area (Å²) in [7, 11) is 3.25. The number of para-hydroxylation sites is 1. The van der Waals surface area contributed by atoms with Crippen molar-refractivity contribution < 1.29 is 9.47 Å². The van der Waals surface area contributed by atoms with E-state index < -0.39 is 0 Å². The number of aromatic nitrogens is 1. The van der Waals surface area contributed by atoms with Crippen LogP contribution in [0.2, 0.25) is 0 Å². The Balaban J connectivity index is 1.79. The first-order valence-corrected chi connectivity index (χ1v) is 7.17. The predicted molar refractivity (Wildman–Crippen MR) is 92.5 cm³/mol. The van der Waals surface area contributed by atoms with Gasteiger partial charge in [-0.15, -0.1) is 0 Å². The Kier molecular flexibility index (Phi) is 4.38. The van der Waals surface area contributed by atoms with E-state index in [1.165, 1.54) is 0 Å². The molecule has 5 heteroatoms. The smallest absolute Gasteiger partial charge is 0.146 e. The van der Waals surface area contributed by atoms with Crippen molar-refractivity contribution in [3.63, 3.8) is 0 Å². The van der Waals surface area contributed by atoms with Crippen LogP contribution in [0.15, 0.2) is 59.7 Å². The first-order chi connectivity index (χ1) is 11.3. The summed E-state index contributed by atoms with van der Waals surface area (Å²) in [4.78, 5) is 4.50. The largest absolute Gasteiger partial charge is 0.497 e. The Morgan fingerprint density at radius 3 is 2.70 bits per heavy atom. The lowest BCUT2D eigenvalue weighted by Gasteiger charge is -2.07. The number of hydrazone groups is 1. The van der Waals surface area contributed by atoms with E-state index in [0.29, 0.717) is 5.82 Å². The minimum absolute atomic E-state index is 0.682. The first-order valence-electron chi connectivity index (χ1n) is 7.17. The fourth-order valence-electron chi connectivity index (χ4n) is 2.24. The van der Waals surface area contributed by atoms with Crippen LogP contribution in [0.1, 0.15) is 5.56 Å². The van der Waals surface area contributed by atoms with Gasteiger partial charge in [0.2, 0.25) is 0 Å². The maximum Gasteiger partial charge on any atom is 0.146 e. The number of ether oxygens (including phenoxy) is 2. The molecular weight excluding hydrogens is 290 g/mol. The molecule has 1 heterocycles. The maximum atomic E-state index is 5.32. The van der Waals surface area contributed by atoms with E-state index in [-0.39, 0.29) is 0 Å². The van der Waals surface area contributed by atoms with E-state index in [1.807, 2.05) is 54.6 Å². The monoisotopic (exact) mass is 307 g/mol. The van der Waals surface area contributed by atoms with Crippen molar-refractivity contribution in [2.75, 3.05) is 19.6 Å². The number of anilines is 1. The quantitative estimate of drug-likeness (QED) is 0.577. The summed E-state index contributed by atoms with van der Waals surface area (Å²) >= 11 is 0. The molecule has 23 heavy (non-hydrogen) atoms. The fraction of sp³-hybridized carbons (Fsp3) is 0.111. The second kappa shape index (κ2) is 6.79. The third kappa shape index (κ3) is 3.40. The molecule has 0 aliphatic heterocycles. The lowest BCUT2D eigenvalue weighted by molar-refractivity contribution is 0.402. The van der Waals surface area contributed by atoms with Crippen molar-refractivity contribution >= 4 is 22.9 Å². The number of nitrogens with one attached hydrogen (secondary N) is 1. The van der Waals surface area contributed by atoms with E-state index >= 15 is 0 Å². The molecule has 0 aliphatic rings. The molecule has 3 rings (SSSR count). The SMILES string of the molecule is COc1ccc(OC)c(/C=N/Nc2ccc3ccccc3n2)c1. The zero-order valence-corrected chi connectivity index (χ0v) is 13.0. The van der Waals surface area contributed by atoms with Crippen LogP contribution in [-0.4, -0.2) is 25.4 Å². The third-order valence-corrected chi connectivity index (χ3v) is 3.42. The van der Waals surface area contributed by atoms with E-state index in [2.05, 4.69) is 15.5 Å². The van der Waals surface area contributed by atoms with Crippen LogP contribution >= 0.6 is 0 Å². The highest BCUT2D eigenvalue weighted by Crippen LogP contribution is 2.22. The van der Waals surface area contributed by atoms with Gasteiger partial charge < -0.3 is 9.47 Å². The summed E-state index contributed by atoms with van der Waals surface area (Å²) in [6, 6.07) is 17.4. The molecule has 0 saturated carbocycles. The summed E-state index contributed by atoms with van der Waals surface area (Å²) < 4.78 is 10.5. The normalized spacial score (nSPS) is 10.9. The van der Waals surface area contributed by atoms with Gasteiger partial charge >= 0.3 is 0 Å². The molecule has 0 radical (unpaired) electrons. The topological polar surface area (TPSA) is 55.7 Å². The maximum absolute atomic E-state index is 5.32. The molecule has 0 amide bonds. The Labute approximate surface area is 134 Å². The van der Waals surface area contributed by atoms with Crippen LogP contribution in [0.4, 0.5) is 5.82 Å². The van der Waals surface area contributed by atoms with Crippen molar-refractivity contribution in [2.24, 2.45) is 5.10 Å². The van der Waals surface area contributed by atoms with Crippen LogP contribution in [0.5, 0.6) is 11.5 Å². The third-order valence-electron chi connectivity index (χ3n) is 3.42. The number of rotatable bonds is 5. The van der Waals surface area contributed by atoms with Gasteiger partial charge in [-0.25, -0.2) is 4.98 Å². The number of pyridine rings is 1. The number of fused-ring (bicyclic) bond motifs is 1. The second-order valence-corrected chi connectivity index (χ2v) is 4.87. The summed E-state index contributed by atoms with van der Waals surface area (Å²) in [6.07, 6.45) is 1.68. The summed E-state index contributed by atoms with van der Waals surface area (Å²) in [5.41, 5.74) is 4.68. The van der Waals surface area contributed by atoms with Crippen molar-refractivity contribution in [1.82, 2.24) is 4.98 Å². The summed E-state index contributed by atoms with van der Waals surface area (Å²) in [5, 5.41) is 5.32. The van der Waals surface area contributed by atoms with Gasteiger partial charge in [0.05, 0.1) is 26.0 Å². The molecule has 0 unspecified atom stereocenters. The van der Waals surface area contributed by atoms with Gasteiger partial charge in [0, 0.05) is 10.9 Å². The number of hydrogen-bond donors (Lipinski definition) is 1. The molecule has 116 valence electrons. The van der Waals surface area contributed by atoms with Crippen molar-refractivity contribution in [1.29, 1.82) is 0 Å². The molecule has 0 fully saturated rings. The fourth-order valence-corrected chi connectivity index (χ4v) is 2.24. The van der Waals surface area contributed by atoms with E-state index in [1.54, 1.807) is 20.4 Å². The Morgan fingerprint density at radius 1 is 1.00 bits per heavy atom. The Morgan fingerprint density at radius 2 is 1.87 bits per heavy atom. The highest BCUT2D eigenvalue weighted by Gasteiger charge is 2.02. The van der Waals surface area contributed by atoms with Crippen LogP contribution in [-0.2, 0) is 0 Å². The highest BCUT2D eigenvalue weighted by atomic mass is 16.5. The van der Waals surface area contributed by atoms with E-state index in [0.717, 1.165) is 28.0 Å². The molecule has 3 aromatic rings. The lowest BCUT2D eigenvalue weighted by Crippen LogP contribution is -1.96. The first kappa shape index (κ1) is 14.8. The average Bonchev–Trinajstić information content (AvgIpc) is 2.61. The minimum atomic E-state index is 0.682. The molecule has 0 bridgehead atoms. The van der Waals surface area contributed by atoms with E-state index in [9.17, 15) is 0 Å². The van der Waals surface area contributed by atoms with Crippen molar-refractivity contribution in [2.45, 2.75) is 0 Å². The molecule has 1 aromatic heterocycles. The zero-order chi connectivity index (χ0) is 16.1. The van der Waals surface area contributed by atoms with Crippen LogP contribution < -0.4 is 14.9 Å². The molecule has 5 nitrogen and oxygen atoms in total. The number of nitrogens with zero attached hydrogens (tertiary/aromatic N) is 2. The van der Waals surface area contributed by atoms with Crippen LogP contribution in [0, 0.1) is 0 Å². The predicted octanol–water partition coefficient (Wildman–Crippen LogP) is 3.70. The second-order valence-electron chi connectivity index (χ2n) is 4.87. The molecule has 0 aliphatic carbocycles. The van der Waals surface area contributed by atoms with Gasteiger partial charge in [-0.2, -0.15) is 5.10 Å². The van der Waals surface area contributed by atoms with Gasteiger partial charge in [0.1, 0.15) is 17.3 Å². The van der Waals surface area contributed by atoms with Crippen molar-refractivity contribution in [3.8, 4) is 11.5 Å². The lowest BCUT2D eigenvalue weighted by atomic mass is 10.2. The van der Waals surface area contributed by atoms with Gasteiger partial charge in [0.15, 0.2) is 0 Å². The van der Waals surface area contributed by atoms with Gasteiger partial charge in [0.25, 0.3) is 0 Å². The molecule has 2 aromatic carbocycles. The average molecular weight is 307 g/mol. The minimum Gasteiger partial charge on any atom is -0.497 e. The van der Waals surface area contributed by atoms with Gasteiger partial charge in [-0.05, 0) is 36.4 Å². The number of benzene rings is 2. The molecule has 0 saturated heterocycles. The summed E-state index contributed by atoms with van der Waals surface area (Å²) in [5.74, 6) is 2.15. The Hall–Kier alpha value is -3.08. The van der Waals surface area contributed by atoms with Crippen molar-refractivity contribution in [3.05, 3.63) is 60.2 Å². The molecule has 1 N–H and O–H groups in total. The van der Waals surface area contributed by atoms with E-state index in [4.69, 9.17) is 9.47 Å². The van der Waals surface area contributed by atoms with Crippen LogP contribution in [0.25, 0.3) is 10.9 Å². The Bertz CT molecular complexity index is 847. The zero-order valence-electron chi connectivity index (χ0n) is 13.0. The molecule has 0 spiro atoms. The molecular formula is C18H17N3O2. The standard InChI is InChI=1S/C18H17N3O2/c1-22-15-8-9-17(23-2)14(11-15)12-19-21-18-10-7-13-5-3-4-6-16(13)20-18/h3-12H,1-2H3,(H,20,21)/b19-12+. The highest BCUT2D eigenvalue weighted by molar-refractivity contribution is 5.85. The van der Waals surface area contributed by atoms with Gasteiger partial charge in [-0.1, -0.05) is 18.2 Å². The molecule has 0 atom stereocenters. The van der Waals surface area contributed by atoms with Gasteiger partial charge in [-0.3, -0.25) is 5.43 Å². The number of methoxy groups -OCH3 is 2. The summed E-state index contributed by atoms with van der Waals surface area (Å²) in [6.45, 7) is 0. The number of hydrogen-bond acceptors (Lipinski definition) is 5.